The highest BCUT2D eigenvalue weighted by atomic mass is 16.2. The first-order chi connectivity index (χ1) is 13.5. The number of amidine groups is 1. The van der Waals surface area contributed by atoms with Crippen molar-refractivity contribution in [2.75, 3.05) is 20.1 Å². The van der Waals surface area contributed by atoms with Gasteiger partial charge in [0.15, 0.2) is 0 Å². The van der Waals surface area contributed by atoms with Crippen molar-refractivity contribution in [2.45, 2.75) is 13.3 Å². The van der Waals surface area contributed by atoms with Gasteiger partial charge in [0.25, 0.3) is 0 Å². The Bertz CT molecular complexity index is 965. The second kappa shape index (κ2) is 8.40. The third kappa shape index (κ3) is 4.21. The van der Waals surface area contributed by atoms with Crippen molar-refractivity contribution in [1.29, 1.82) is 5.26 Å². The minimum Gasteiger partial charge on any atom is -0.391 e. The number of amides is 1. The molecule has 0 aromatic heterocycles. The Hall–Kier alpha value is -3.59. The smallest absolute Gasteiger partial charge is 0.219 e. The van der Waals surface area contributed by atoms with Crippen molar-refractivity contribution < 1.29 is 4.79 Å². The summed E-state index contributed by atoms with van der Waals surface area (Å²) in [6.45, 7) is 2.71. The molecule has 0 fully saturated rings. The van der Waals surface area contributed by atoms with E-state index in [0.717, 1.165) is 34.5 Å². The van der Waals surface area contributed by atoms with E-state index in [1.165, 1.54) is 0 Å². The molecule has 0 atom stereocenters. The zero-order valence-electron chi connectivity index (χ0n) is 16.1. The minimum absolute atomic E-state index is 0.0345. The van der Waals surface area contributed by atoms with Crippen LogP contribution >= 0.6 is 0 Å². The van der Waals surface area contributed by atoms with Gasteiger partial charge in [0.2, 0.25) is 5.91 Å². The van der Waals surface area contributed by atoms with Crippen LogP contribution in [0.25, 0.3) is 11.1 Å². The van der Waals surface area contributed by atoms with E-state index in [0.29, 0.717) is 24.5 Å². The quantitative estimate of drug-likeness (QED) is 0.636. The Labute approximate surface area is 165 Å². The topological polar surface area (TPSA) is 94.5 Å². The number of aliphatic imine (C=N–C) groups is 1. The van der Waals surface area contributed by atoms with Gasteiger partial charge < -0.3 is 16.0 Å². The Morgan fingerprint density at radius 2 is 1.75 bits per heavy atom. The monoisotopic (exact) mass is 373 g/mol. The first kappa shape index (κ1) is 19.2. The first-order valence-electron chi connectivity index (χ1n) is 9.12. The average molecular weight is 373 g/mol. The van der Waals surface area contributed by atoms with Crippen LogP contribution < -0.4 is 11.1 Å². The van der Waals surface area contributed by atoms with Crippen LogP contribution in [0.15, 0.2) is 64.8 Å². The molecule has 6 heteroatoms. The summed E-state index contributed by atoms with van der Waals surface area (Å²) in [5, 5.41) is 12.1. The SMILES string of the molecule is CNC1=C(C(N)=Nc2ccc(-c3ccc(C#N)cc3)cc2)CN(C(C)=O)CC1. The van der Waals surface area contributed by atoms with Gasteiger partial charge in [0.1, 0.15) is 5.84 Å². The van der Waals surface area contributed by atoms with Gasteiger partial charge in [0, 0.05) is 38.2 Å². The molecular formula is C22H23N5O. The average Bonchev–Trinajstić information content (AvgIpc) is 2.73. The zero-order valence-corrected chi connectivity index (χ0v) is 16.1. The number of hydrogen-bond acceptors (Lipinski definition) is 4. The summed E-state index contributed by atoms with van der Waals surface area (Å²) in [7, 11) is 1.86. The summed E-state index contributed by atoms with van der Waals surface area (Å²) in [4.78, 5) is 18.0. The van der Waals surface area contributed by atoms with Gasteiger partial charge in [-0.2, -0.15) is 5.26 Å². The van der Waals surface area contributed by atoms with Gasteiger partial charge in [-0.25, -0.2) is 4.99 Å². The number of hydrogen-bond donors (Lipinski definition) is 2. The number of nitrogens with one attached hydrogen (secondary N) is 1. The molecule has 6 nitrogen and oxygen atoms in total. The molecule has 0 unspecified atom stereocenters. The lowest BCUT2D eigenvalue weighted by Gasteiger charge is -2.29. The lowest BCUT2D eigenvalue weighted by Crippen LogP contribution is -2.40. The molecule has 0 spiro atoms. The summed E-state index contributed by atoms with van der Waals surface area (Å²) >= 11 is 0. The van der Waals surface area contributed by atoms with Crippen molar-refractivity contribution in [3.8, 4) is 17.2 Å². The van der Waals surface area contributed by atoms with E-state index in [1.807, 2.05) is 43.4 Å². The van der Waals surface area contributed by atoms with Crippen LogP contribution in [0, 0.1) is 11.3 Å². The van der Waals surface area contributed by atoms with Crippen molar-refractivity contribution in [2.24, 2.45) is 10.7 Å². The molecule has 1 aliphatic heterocycles. The standard InChI is InChI=1S/C22H23N5O/c1-15(28)27-12-11-21(25-2)20(14-27)22(24)26-19-9-7-18(8-10-19)17-5-3-16(13-23)4-6-17/h3-10,25H,11-12,14H2,1-2H3,(H2,24,26). The van der Waals surface area contributed by atoms with E-state index in [2.05, 4.69) is 16.4 Å². The van der Waals surface area contributed by atoms with Gasteiger partial charge in [-0.1, -0.05) is 24.3 Å². The predicted octanol–water partition coefficient (Wildman–Crippen LogP) is 2.94. The van der Waals surface area contributed by atoms with E-state index in [1.54, 1.807) is 24.0 Å². The van der Waals surface area contributed by atoms with Crippen LogP contribution in [0.1, 0.15) is 18.9 Å². The second-order valence-electron chi connectivity index (χ2n) is 6.63. The predicted molar refractivity (Wildman–Crippen MR) is 111 cm³/mol. The molecule has 3 N–H and O–H groups in total. The zero-order chi connectivity index (χ0) is 20.1. The maximum absolute atomic E-state index is 11.7. The van der Waals surface area contributed by atoms with E-state index >= 15 is 0 Å². The third-order valence-electron chi connectivity index (χ3n) is 4.87. The highest BCUT2D eigenvalue weighted by molar-refractivity contribution is 6.00. The third-order valence-corrected chi connectivity index (χ3v) is 4.87. The molecule has 28 heavy (non-hydrogen) atoms. The van der Waals surface area contributed by atoms with Crippen molar-refractivity contribution in [3.05, 3.63) is 65.4 Å². The molecule has 142 valence electrons. The van der Waals surface area contributed by atoms with Gasteiger partial charge in [-0.3, -0.25) is 4.79 Å². The molecule has 3 rings (SSSR count). The van der Waals surface area contributed by atoms with E-state index in [4.69, 9.17) is 11.0 Å². The van der Waals surface area contributed by atoms with Crippen LogP contribution in [0.5, 0.6) is 0 Å². The molecule has 1 aliphatic rings. The normalized spacial score (nSPS) is 14.6. The van der Waals surface area contributed by atoms with E-state index in [9.17, 15) is 4.79 Å². The molecule has 0 saturated carbocycles. The summed E-state index contributed by atoms with van der Waals surface area (Å²) in [5.74, 6) is 0.452. The largest absolute Gasteiger partial charge is 0.391 e. The second-order valence-corrected chi connectivity index (χ2v) is 6.63. The number of carbonyl (C=O) groups is 1. The Morgan fingerprint density at radius 3 is 2.29 bits per heavy atom. The number of rotatable bonds is 4. The van der Waals surface area contributed by atoms with Gasteiger partial charge >= 0.3 is 0 Å². The summed E-state index contributed by atoms with van der Waals surface area (Å²) in [6, 6.07) is 17.3. The highest BCUT2D eigenvalue weighted by Gasteiger charge is 2.22. The van der Waals surface area contributed by atoms with Gasteiger partial charge in [0.05, 0.1) is 23.9 Å². The number of nitriles is 1. The molecule has 0 bridgehead atoms. The first-order valence-corrected chi connectivity index (χ1v) is 9.12. The van der Waals surface area contributed by atoms with Crippen LogP contribution in [0.4, 0.5) is 5.69 Å². The maximum atomic E-state index is 11.7. The molecule has 0 saturated heterocycles. The van der Waals surface area contributed by atoms with Crippen molar-refractivity contribution in [1.82, 2.24) is 10.2 Å². The Morgan fingerprint density at radius 1 is 1.14 bits per heavy atom. The highest BCUT2D eigenvalue weighted by Crippen LogP contribution is 2.24. The lowest BCUT2D eigenvalue weighted by molar-refractivity contribution is -0.128. The summed E-state index contributed by atoms with van der Waals surface area (Å²) in [6.07, 6.45) is 0.735. The molecule has 0 radical (unpaired) electrons. The number of benzene rings is 2. The fourth-order valence-electron chi connectivity index (χ4n) is 3.22. The Kier molecular flexibility index (Phi) is 5.75. The lowest BCUT2D eigenvalue weighted by atomic mass is 10.0. The van der Waals surface area contributed by atoms with Crippen LogP contribution in [-0.4, -0.2) is 36.8 Å². The molecule has 1 amide bonds. The van der Waals surface area contributed by atoms with Crippen LogP contribution in [-0.2, 0) is 4.79 Å². The number of carbonyl (C=O) groups excluding carboxylic acids is 1. The van der Waals surface area contributed by atoms with Crippen molar-refractivity contribution >= 4 is 17.4 Å². The molecular weight excluding hydrogens is 350 g/mol. The van der Waals surface area contributed by atoms with E-state index < -0.39 is 0 Å². The fourth-order valence-corrected chi connectivity index (χ4v) is 3.22. The van der Waals surface area contributed by atoms with Gasteiger partial charge in [-0.15, -0.1) is 0 Å². The maximum Gasteiger partial charge on any atom is 0.219 e. The number of nitrogens with two attached hydrogens (primary N) is 1. The van der Waals surface area contributed by atoms with Gasteiger partial charge in [-0.05, 0) is 35.4 Å². The van der Waals surface area contributed by atoms with E-state index in [-0.39, 0.29) is 5.91 Å². The molecule has 2 aromatic carbocycles. The minimum atomic E-state index is 0.0345. The summed E-state index contributed by atoms with van der Waals surface area (Å²) < 4.78 is 0. The van der Waals surface area contributed by atoms with Crippen LogP contribution in [0.2, 0.25) is 0 Å². The number of nitrogens with zero attached hydrogens (tertiary/aromatic N) is 3. The fraction of sp³-hybridized carbons (Fsp3) is 0.227. The summed E-state index contributed by atoms with van der Waals surface area (Å²) in [5.41, 5.74) is 11.6. The molecule has 0 aliphatic carbocycles. The van der Waals surface area contributed by atoms with Crippen LogP contribution in [0.3, 0.4) is 0 Å². The molecule has 2 aromatic rings. The van der Waals surface area contributed by atoms with Crippen molar-refractivity contribution in [3.63, 3.8) is 0 Å². The molecule has 1 heterocycles. The Balaban J connectivity index is 1.83.